The summed E-state index contributed by atoms with van der Waals surface area (Å²) in [6.45, 7) is 10.4. The maximum atomic E-state index is 13.9. The lowest BCUT2D eigenvalue weighted by Crippen LogP contribution is -2.76. The van der Waals surface area contributed by atoms with Crippen LogP contribution in [0.3, 0.4) is 0 Å². The van der Waals surface area contributed by atoms with Gasteiger partial charge >= 0.3 is 0 Å². The van der Waals surface area contributed by atoms with Crippen molar-refractivity contribution in [2.45, 2.75) is 51.7 Å². The van der Waals surface area contributed by atoms with Crippen molar-refractivity contribution in [1.29, 1.82) is 0 Å². The number of carbonyl (C=O) groups is 1. The third-order valence-corrected chi connectivity index (χ3v) is 8.04. The zero-order valence-electron chi connectivity index (χ0n) is 19.7. The fraction of sp³-hybridized carbons (Fsp3) is 0.536. The number of piperidine rings is 2. The van der Waals surface area contributed by atoms with Crippen molar-refractivity contribution in [3.8, 4) is 0 Å². The zero-order chi connectivity index (χ0) is 22.3. The molecule has 1 aliphatic carbocycles. The molecule has 5 atom stereocenters. The Morgan fingerprint density at radius 3 is 2.69 bits per heavy atom. The van der Waals surface area contributed by atoms with E-state index in [0.29, 0.717) is 30.2 Å². The first-order valence-electron chi connectivity index (χ1n) is 12.3. The minimum atomic E-state index is -0.465. The summed E-state index contributed by atoms with van der Waals surface area (Å²) in [6, 6.07) is 19.5. The van der Waals surface area contributed by atoms with Crippen LogP contribution >= 0.6 is 0 Å². The highest BCUT2D eigenvalue weighted by Crippen LogP contribution is 2.53. The second kappa shape index (κ2) is 8.64. The Balaban J connectivity index is 1.44. The van der Waals surface area contributed by atoms with Gasteiger partial charge in [-0.25, -0.2) is 0 Å². The summed E-state index contributed by atoms with van der Waals surface area (Å²) >= 11 is 0. The molecular weight excluding hydrogens is 394 g/mol. The Bertz CT molecular complexity index is 958. The monoisotopic (exact) mass is 431 g/mol. The van der Waals surface area contributed by atoms with E-state index in [4.69, 9.17) is 0 Å². The first-order chi connectivity index (χ1) is 15.5. The zero-order valence-corrected chi connectivity index (χ0v) is 19.7. The molecule has 4 bridgehead atoms. The highest BCUT2D eigenvalue weighted by molar-refractivity contribution is 5.89. The van der Waals surface area contributed by atoms with Gasteiger partial charge in [0.25, 0.3) is 0 Å². The average Bonchev–Trinajstić information content (AvgIpc) is 3.03. The number of aryl methyl sites for hydroxylation is 1. The molecule has 1 saturated carbocycles. The SMILES string of the molecule is Cc1cccc(CC2C3CNC4(C(=O)NCc5ccccc5)C(C3)CN(CC(C)C)C24)c1. The summed E-state index contributed by atoms with van der Waals surface area (Å²) in [4.78, 5) is 16.5. The number of hydrogen-bond acceptors (Lipinski definition) is 3. The van der Waals surface area contributed by atoms with E-state index in [1.165, 1.54) is 11.1 Å². The van der Waals surface area contributed by atoms with Gasteiger partial charge in [-0.15, -0.1) is 0 Å². The largest absolute Gasteiger partial charge is 0.350 e. The number of amides is 1. The van der Waals surface area contributed by atoms with E-state index in [1.54, 1.807) is 0 Å². The van der Waals surface area contributed by atoms with Crippen LogP contribution in [-0.4, -0.2) is 42.0 Å². The van der Waals surface area contributed by atoms with Crippen molar-refractivity contribution < 1.29 is 4.79 Å². The van der Waals surface area contributed by atoms with Gasteiger partial charge in [-0.1, -0.05) is 74.0 Å². The Morgan fingerprint density at radius 1 is 1.16 bits per heavy atom. The fourth-order valence-corrected chi connectivity index (χ4v) is 6.89. The number of nitrogens with one attached hydrogen (secondary N) is 2. The first-order valence-corrected chi connectivity index (χ1v) is 12.3. The topological polar surface area (TPSA) is 44.4 Å². The van der Waals surface area contributed by atoms with Crippen LogP contribution < -0.4 is 10.6 Å². The summed E-state index contributed by atoms with van der Waals surface area (Å²) < 4.78 is 0. The number of fused-ring (bicyclic) bond motifs is 1. The van der Waals surface area contributed by atoms with Gasteiger partial charge in [0, 0.05) is 31.6 Å². The highest BCUT2D eigenvalue weighted by atomic mass is 16.2. The lowest BCUT2D eigenvalue weighted by Gasteiger charge is -2.56. The van der Waals surface area contributed by atoms with Gasteiger partial charge in [0.05, 0.1) is 0 Å². The quantitative estimate of drug-likeness (QED) is 0.701. The molecule has 0 aromatic heterocycles. The van der Waals surface area contributed by atoms with Crippen molar-refractivity contribution in [3.05, 3.63) is 71.3 Å². The van der Waals surface area contributed by atoms with E-state index in [1.807, 2.05) is 18.2 Å². The highest BCUT2D eigenvalue weighted by Gasteiger charge is 2.67. The molecule has 32 heavy (non-hydrogen) atoms. The molecule has 4 fully saturated rings. The van der Waals surface area contributed by atoms with Crippen LogP contribution in [0.25, 0.3) is 0 Å². The molecule has 3 aliphatic heterocycles. The lowest BCUT2D eigenvalue weighted by atomic mass is 9.58. The van der Waals surface area contributed by atoms with Crippen LogP contribution in [0.1, 0.15) is 37.0 Å². The van der Waals surface area contributed by atoms with Crippen LogP contribution in [0, 0.1) is 30.6 Å². The molecule has 3 saturated heterocycles. The second-order valence-corrected chi connectivity index (χ2v) is 10.8. The molecular formula is C28H37N3O. The van der Waals surface area contributed by atoms with Crippen molar-refractivity contribution in [1.82, 2.24) is 15.5 Å². The predicted octanol–water partition coefficient (Wildman–Crippen LogP) is 3.79. The molecule has 5 unspecified atom stereocenters. The molecule has 6 rings (SSSR count). The molecule has 0 radical (unpaired) electrons. The molecule has 4 aliphatic rings. The van der Waals surface area contributed by atoms with Crippen molar-refractivity contribution >= 4 is 5.91 Å². The molecule has 3 heterocycles. The van der Waals surface area contributed by atoms with Gasteiger partial charge in [-0.05, 0) is 55.2 Å². The van der Waals surface area contributed by atoms with Crippen molar-refractivity contribution in [2.75, 3.05) is 19.6 Å². The maximum absolute atomic E-state index is 13.9. The third kappa shape index (κ3) is 3.78. The minimum Gasteiger partial charge on any atom is -0.350 e. The first kappa shape index (κ1) is 21.7. The third-order valence-electron chi connectivity index (χ3n) is 8.04. The molecule has 4 heteroatoms. The van der Waals surface area contributed by atoms with E-state index >= 15 is 0 Å². The molecule has 0 spiro atoms. The van der Waals surface area contributed by atoms with E-state index in [9.17, 15) is 4.79 Å². The predicted molar refractivity (Wildman–Crippen MR) is 129 cm³/mol. The van der Waals surface area contributed by atoms with Crippen LogP contribution in [-0.2, 0) is 17.8 Å². The normalized spacial score (nSPS) is 31.2. The number of nitrogens with zero attached hydrogens (tertiary/aromatic N) is 1. The van der Waals surface area contributed by atoms with Crippen molar-refractivity contribution in [2.24, 2.45) is 23.7 Å². The van der Waals surface area contributed by atoms with Crippen LogP contribution in [0.2, 0.25) is 0 Å². The van der Waals surface area contributed by atoms with Gasteiger partial charge in [0.2, 0.25) is 5.91 Å². The van der Waals surface area contributed by atoms with Gasteiger partial charge in [0.1, 0.15) is 5.54 Å². The molecule has 1 amide bonds. The second-order valence-electron chi connectivity index (χ2n) is 10.8. The minimum absolute atomic E-state index is 0.204. The van der Waals surface area contributed by atoms with Gasteiger partial charge < -0.3 is 10.6 Å². The average molecular weight is 432 g/mol. The number of rotatable bonds is 7. The maximum Gasteiger partial charge on any atom is 0.242 e. The number of hydrogen-bond donors (Lipinski definition) is 2. The van der Waals surface area contributed by atoms with Gasteiger partial charge in [-0.2, -0.15) is 0 Å². The molecule has 4 nitrogen and oxygen atoms in total. The fourth-order valence-electron chi connectivity index (χ4n) is 6.89. The van der Waals surface area contributed by atoms with Crippen LogP contribution in [0.5, 0.6) is 0 Å². The van der Waals surface area contributed by atoms with Crippen LogP contribution in [0.4, 0.5) is 0 Å². The summed E-state index contributed by atoms with van der Waals surface area (Å²) in [7, 11) is 0. The Hall–Kier alpha value is -2.17. The molecule has 170 valence electrons. The van der Waals surface area contributed by atoms with Crippen LogP contribution in [0.15, 0.2) is 54.6 Å². The van der Waals surface area contributed by atoms with E-state index in [0.717, 1.165) is 38.0 Å². The Labute approximate surface area is 192 Å². The van der Waals surface area contributed by atoms with E-state index < -0.39 is 5.54 Å². The molecule has 2 N–H and O–H groups in total. The lowest BCUT2D eigenvalue weighted by molar-refractivity contribution is -0.138. The van der Waals surface area contributed by atoms with Crippen molar-refractivity contribution in [3.63, 3.8) is 0 Å². The summed E-state index contributed by atoms with van der Waals surface area (Å²) in [5.41, 5.74) is 3.42. The Kier molecular flexibility index (Phi) is 5.85. The number of carbonyl (C=O) groups excluding carboxylic acids is 1. The summed E-state index contributed by atoms with van der Waals surface area (Å²) in [6.07, 6.45) is 2.22. The Morgan fingerprint density at radius 2 is 1.94 bits per heavy atom. The van der Waals surface area contributed by atoms with Gasteiger partial charge in [0.15, 0.2) is 0 Å². The van der Waals surface area contributed by atoms with E-state index in [2.05, 4.69) is 72.7 Å². The smallest absolute Gasteiger partial charge is 0.242 e. The summed E-state index contributed by atoms with van der Waals surface area (Å²) in [5.74, 6) is 2.35. The number of likely N-dealkylation sites (tertiary alicyclic amines) is 1. The molecule has 2 aromatic rings. The van der Waals surface area contributed by atoms with E-state index in [-0.39, 0.29) is 11.9 Å². The standard InChI is InChI=1S/C28H37N3O/c1-19(2)17-31-18-24-14-23-16-30-28(24,27(32)29-15-21-9-5-4-6-10-21)26(31)25(23)13-22-11-7-8-20(3)12-22/h4-12,19,23-26,30H,13-18H2,1-3H3,(H,29,32). The van der Waals surface area contributed by atoms with Gasteiger partial charge in [-0.3, -0.25) is 9.69 Å². The summed E-state index contributed by atoms with van der Waals surface area (Å²) in [5, 5.41) is 7.13. The number of benzene rings is 2. The molecule has 2 aromatic carbocycles.